The van der Waals surface area contributed by atoms with E-state index in [1.165, 1.54) is 18.8 Å². The molecule has 134 valence electrons. The molecule has 0 amide bonds. The Labute approximate surface area is 142 Å². The molecule has 0 spiro atoms. The lowest BCUT2D eigenvalue weighted by molar-refractivity contribution is 0.0340. The molecule has 0 aliphatic heterocycles. The van der Waals surface area contributed by atoms with E-state index in [1.807, 2.05) is 0 Å². The molecule has 0 bridgehead atoms. The van der Waals surface area contributed by atoms with Crippen molar-refractivity contribution in [2.45, 2.75) is 49.0 Å². The van der Waals surface area contributed by atoms with Gasteiger partial charge in [-0.2, -0.15) is 8.78 Å². The summed E-state index contributed by atoms with van der Waals surface area (Å²) < 4.78 is 60.3. The molecule has 1 aromatic heterocycles. The number of rotatable bonds is 7. The quantitative estimate of drug-likeness (QED) is 0.527. The first-order chi connectivity index (χ1) is 11.4. The van der Waals surface area contributed by atoms with Gasteiger partial charge in [0.15, 0.2) is 5.83 Å². The molecule has 0 saturated heterocycles. The maximum atomic E-state index is 12.7. The number of nitrogens with zero attached hydrogens (tertiary/aromatic N) is 2. The standard InChI is InChI=1S/C14H17F3N2O3S2/c15-12(13(16)17)6-7-24(20,21)14-18-8-11(23-14)9-19-22-10-4-2-1-3-5-10/h8-10H,1-7H2. The molecule has 1 saturated carbocycles. The van der Waals surface area contributed by atoms with E-state index in [2.05, 4.69) is 10.1 Å². The van der Waals surface area contributed by atoms with Crippen LogP contribution in [0.3, 0.4) is 0 Å². The molecule has 10 heteroatoms. The highest BCUT2D eigenvalue weighted by molar-refractivity contribution is 7.93. The van der Waals surface area contributed by atoms with Gasteiger partial charge in [0.25, 0.3) is 0 Å². The van der Waals surface area contributed by atoms with Gasteiger partial charge >= 0.3 is 6.08 Å². The van der Waals surface area contributed by atoms with E-state index in [0.29, 0.717) is 4.88 Å². The number of thiazole rings is 1. The zero-order valence-corrected chi connectivity index (χ0v) is 14.4. The number of oxime groups is 1. The van der Waals surface area contributed by atoms with Gasteiger partial charge in [0.2, 0.25) is 14.2 Å². The number of hydrogen-bond acceptors (Lipinski definition) is 6. The summed E-state index contributed by atoms with van der Waals surface area (Å²) in [6.45, 7) is 0. The number of sulfone groups is 1. The predicted molar refractivity (Wildman–Crippen MR) is 84.7 cm³/mol. The van der Waals surface area contributed by atoms with Crippen molar-refractivity contribution >= 4 is 27.4 Å². The molecule has 2 rings (SSSR count). The lowest BCUT2D eigenvalue weighted by Gasteiger charge is -2.18. The van der Waals surface area contributed by atoms with Gasteiger partial charge in [-0.15, -0.1) is 11.3 Å². The summed E-state index contributed by atoms with van der Waals surface area (Å²) in [6.07, 6.45) is 4.67. The van der Waals surface area contributed by atoms with Gasteiger partial charge in [-0.3, -0.25) is 0 Å². The van der Waals surface area contributed by atoms with Crippen molar-refractivity contribution in [3.63, 3.8) is 0 Å². The second-order valence-electron chi connectivity index (χ2n) is 5.36. The lowest BCUT2D eigenvalue weighted by atomic mass is 9.98. The zero-order chi connectivity index (χ0) is 17.6. The minimum Gasteiger partial charge on any atom is -0.392 e. The fourth-order valence-corrected chi connectivity index (χ4v) is 4.61. The molecule has 1 aromatic rings. The van der Waals surface area contributed by atoms with Crippen LogP contribution in [-0.4, -0.2) is 31.5 Å². The molecule has 5 nitrogen and oxygen atoms in total. The fraction of sp³-hybridized carbons (Fsp3) is 0.571. The Hall–Kier alpha value is -1.42. The summed E-state index contributed by atoms with van der Waals surface area (Å²) in [5, 5.41) is 3.84. The fourth-order valence-electron chi connectivity index (χ4n) is 2.22. The first-order valence-electron chi connectivity index (χ1n) is 7.46. The van der Waals surface area contributed by atoms with Gasteiger partial charge in [0.05, 0.1) is 16.8 Å². The SMILES string of the molecule is O=S(=O)(CCC(F)=C(F)F)c1ncc(C=NOC2CCCCC2)s1. The number of aromatic nitrogens is 1. The van der Waals surface area contributed by atoms with Crippen LogP contribution in [0, 0.1) is 0 Å². The van der Waals surface area contributed by atoms with Crippen LogP contribution in [-0.2, 0) is 14.7 Å². The number of allylic oxidation sites excluding steroid dienone is 1. The molecule has 0 N–H and O–H groups in total. The highest BCUT2D eigenvalue weighted by Crippen LogP contribution is 2.23. The summed E-state index contributed by atoms with van der Waals surface area (Å²) >= 11 is 0.832. The minimum absolute atomic E-state index is 0.0801. The highest BCUT2D eigenvalue weighted by atomic mass is 32.2. The Morgan fingerprint density at radius 1 is 1.33 bits per heavy atom. The van der Waals surface area contributed by atoms with Crippen LogP contribution in [0.4, 0.5) is 13.2 Å². The van der Waals surface area contributed by atoms with Crippen molar-refractivity contribution in [3.8, 4) is 0 Å². The van der Waals surface area contributed by atoms with Gasteiger partial charge in [0, 0.05) is 12.6 Å². The molecule has 1 heterocycles. The zero-order valence-electron chi connectivity index (χ0n) is 12.8. The van der Waals surface area contributed by atoms with Crippen LogP contribution in [0.15, 0.2) is 27.6 Å². The molecule has 1 aliphatic rings. The summed E-state index contributed by atoms with van der Waals surface area (Å²) in [5.41, 5.74) is 0. The van der Waals surface area contributed by atoms with E-state index in [9.17, 15) is 21.6 Å². The second-order valence-corrected chi connectivity index (χ2v) is 8.71. The average Bonchev–Trinajstić information content (AvgIpc) is 3.03. The third-order valence-corrected chi connectivity index (χ3v) is 6.62. The largest absolute Gasteiger partial charge is 0.392 e. The summed E-state index contributed by atoms with van der Waals surface area (Å²) in [4.78, 5) is 9.54. The van der Waals surface area contributed by atoms with E-state index < -0.39 is 33.9 Å². The molecule has 1 aliphatic carbocycles. The predicted octanol–water partition coefficient (Wildman–Crippen LogP) is 4.07. The molecule has 0 atom stereocenters. The highest BCUT2D eigenvalue weighted by Gasteiger charge is 2.21. The molecule has 0 aromatic carbocycles. The van der Waals surface area contributed by atoms with Gasteiger partial charge in [-0.05, 0) is 25.7 Å². The Morgan fingerprint density at radius 2 is 2.04 bits per heavy atom. The Kier molecular flexibility index (Phi) is 6.79. The van der Waals surface area contributed by atoms with E-state index in [1.54, 1.807) is 0 Å². The monoisotopic (exact) mass is 382 g/mol. The van der Waals surface area contributed by atoms with Crippen LogP contribution >= 0.6 is 11.3 Å². The Balaban J connectivity index is 1.92. The van der Waals surface area contributed by atoms with Crippen molar-refractivity contribution in [3.05, 3.63) is 23.0 Å². The molecule has 0 unspecified atom stereocenters. The van der Waals surface area contributed by atoms with Crippen LogP contribution < -0.4 is 0 Å². The number of halogens is 3. The smallest absolute Gasteiger partial charge is 0.301 e. The van der Waals surface area contributed by atoms with Crippen molar-refractivity contribution < 1.29 is 26.4 Å². The molecular formula is C14H17F3N2O3S2. The summed E-state index contributed by atoms with van der Waals surface area (Å²) in [6, 6.07) is 0. The van der Waals surface area contributed by atoms with Crippen LogP contribution in [0.1, 0.15) is 43.4 Å². The third kappa shape index (κ3) is 5.59. The first kappa shape index (κ1) is 18.9. The topological polar surface area (TPSA) is 68.6 Å². The molecule has 1 fully saturated rings. The van der Waals surface area contributed by atoms with Gasteiger partial charge in [-0.25, -0.2) is 17.8 Å². The van der Waals surface area contributed by atoms with Crippen molar-refractivity contribution in [2.24, 2.45) is 5.16 Å². The van der Waals surface area contributed by atoms with Crippen LogP contribution in [0.25, 0.3) is 0 Å². The van der Waals surface area contributed by atoms with Crippen molar-refractivity contribution in [2.75, 3.05) is 5.75 Å². The van der Waals surface area contributed by atoms with E-state index >= 15 is 0 Å². The Bertz CT molecular complexity index is 707. The molecule has 0 radical (unpaired) electrons. The van der Waals surface area contributed by atoms with Gasteiger partial charge in [0.1, 0.15) is 6.10 Å². The maximum Gasteiger partial charge on any atom is 0.301 e. The normalized spacial score (nSPS) is 16.5. The lowest BCUT2D eigenvalue weighted by Crippen LogP contribution is -2.13. The van der Waals surface area contributed by atoms with E-state index in [-0.39, 0.29) is 10.4 Å². The maximum absolute atomic E-state index is 12.7. The summed E-state index contributed by atoms with van der Waals surface area (Å²) in [7, 11) is -3.92. The number of hydrogen-bond donors (Lipinski definition) is 0. The van der Waals surface area contributed by atoms with Gasteiger partial charge in [-0.1, -0.05) is 11.6 Å². The van der Waals surface area contributed by atoms with E-state index in [4.69, 9.17) is 4.84 Å². The summed E-state index contributed by atoms with van der Waals surface area (Å²) in [5.74, 6) is -2.49. The van der Waals surface area contributed by atoms with Crippen molar-refractivity contribution in [1.29, 1.82) is 0 Å². The minimum atomic E-state index is -3.92. The van der Waals surface area contributed by atoms with Crippen LogP contribution in [0.5, 0.6) is 0 Å². The average molecular weight is 382 g/mol. The molecular weight excluding hydrogens is 365 g/mol. The van der Waals surface area contributed by atoms with E-state index in [0.717, 1.165) is 37.0 Å². The Morgan fingerprint density at radius 3 is 2.71 bits per heavy atom. The third-order valence-electron chi connectivity index (χ3n) is 3.51. The van der Waals surface area contributed by atoms with Gasteiger partial charge < -0.3 is 4.84 Å². The van der Waals surface area contributed by atoms with Crippen molar-refractivity contribution in [1.82, 2.24) is 4.98 Å². The second kappa shape index (κ2) is 8.61. The first-order valence-corrected chi connectivity index (χ1v) is 9.93. The van der Waals surface area contributed by atoms with Crippen LogP contribution in [0.2, 0.25) is 0 Å². The molecule has 24 heavy (non-hydrogen) atoms.